The molecule has 3 rings (SSSR count). The van der Waals surface area contributed by atoms with Crippen LogP contribution in [0.25, 0.3) is 5.69 Å². The molecule has 0 atom stereocenters. The van der Waals surface area contributed by atoms with Gasteiger partial charge in [0.1, 0.15) is 5.69 Å². The zero-order chi connectivity index (χ0) is 26.2. The molecule has 0 aliphatic carbocycles. The van der Waals surface area contributed by atoms with Crippen LogP contribution in [0.4, 0.5) is 27.8 Å². The van der Waals surface area contributed by atoms with Crippen LogP contribution in [-0.2, 0) is 10.0 Å². The van der Waals surface area contributed by atoms with E-state index in [2.05, 4.69) is 9.71 Å². The van der Waals surface area contributed by atoms with Crippen LogP contribution in [0.3, 0.4) is 0 Å². The van der Waals surface area contributed by atoms with Crippen LogP contribution in [0.2, 0.25) is 0 Å². The van der Waals surface area contributed by atoms with Crippen molar-refractivity contribution in [3.63, 3.8) is 0 Å². The van der Waals surface area contributed by atoms with E-state index >= 15 is 0 Å². The van der Waals surface area contributed by atoms with E-state index in [1.54, 1.807) is 26.0 Å². The Labute approximate surface area is 219 Å². The van der Waals surface area contributed by atoms with Crippen molar-refractivity contribution in [3.05, 3.63) is 48.9 Å². The van der Waals surface area contributed by atoms with Gasteiger partial charge in [-0.05, 0) is 79.3 Å². The van der Waals surface area contributed by atoms with E-state index in [0.29, 0.717) is 9.90 Å². The van der Waals surface area contributed by atoms with Gasteiger partial charge in [0, 0.05) is 20.6 Å². The molecule has 0 radical (unpaired) electrons. The van der Waals surface area contributed by atoms with Gasteiger partial charge in [0.05, 0.1) is 9.10 Å². The summed E-state index contributed by atoms with van der Waals surface area (Å²) in [6.45, 7) is 3.43. The second-order valence-corrected chi connectivity index (χ2v) is 13.0. The molecule has 0 unspecified atom stereocenters. The molecule has 0 bridgehead atoms. The first-order valence-corrected chi connectivity index (χ1v) is 14.4. The minimum absolute atomic E-state index is 0.0289. The van der Waals surface area contributed by atoms with Crippen molar-refractivity contribution in [3.8, 4) is 5.69 Å². The third-order valence-electron chi connectivity index (χ3n) is 5.02. The maximum Gasteiger partial charge on any atom is 0.453 e. The molecule has 1 aromatic rings. The molecule has 0 spiro atoms. The summed E-state index contributed by atoms with van der Waals surface area (Å²) in [6, 6.07) is 6.03. The van der Waals surface area contributed by atoms with Gasteiger partial charge in [-0.3, -0.25) is 9.29 Å². The molecule has 0 saturated carbocycles. The van der Waals surface area contributed by atoms with E-state index in [1.807, 2.05) is 22.6 Å². The highest BCUT2D eigenvalue weighted by Gasteiger charge is 2.56. The number of nitrogens with one attached hydrogen (secondary N) is 1. The second-order valence-electron chi connectivity index (χ2n) is 7.53. The zero-order valence-corrected chi connectivity index (χ0v) is 22.9. The van der Waals surface area contributed by atoms with Crippen LogP contribution in [-0.4, -0.2) is 35.8 Å². The van der Waals surface area contributed by atoms with E-state index in [1.165, 1.54) is 28.0 Å². The van der Waals surface area contributed by atoms with Crippen LogP contribution in [0.15, 0.2) is 38.2 Å². The Balaban J connectivity index is 1.85. The highest BCUT2D eigenvalue weighted by molar-refractivity contribution is 14.1. The van der Waals surface area contributed by atoms with Crippen molar-refractivity contribution in [1.82, 2.24) is 9.55 Å². The molecule has 192 valence electrons. The van der Waals surface area contributed by atoms with E-state index in [-0.39, 0.29) is 35.0 Å². The molecule has 0 fully saturated rings. The number of aromatic nitrogens is 2. The molecule has 35 heavy (non-hydrogen) atoms. The highest BCUT2D eigenvalue weighted by Crippen LogP contribution is 2.41. The Bertz CT molecular complexity index is 1340. The van der Waals surface area contributed by atoms with Crippen molar-refractivity contribution in [2.75, 3.05) is 10.5 Å². The quantitative estimate of drug-likeness (QED) is 0.127. The average Bonchev–Trinajstić information content (AvgIpc) is 3.06. The lowest BCUT2D eigenvalue weighted by Crippen LogP contribution is -2.36. The van der Waals surface area contributed by atoms with E-state index < -0.39 is 34.2 Å². The van der Waals surface area contributed by atoms with Crippen LogP contribution >= 0.6 is 45.7 Å². The largest absolute Gasteiger partial charge is 0.453 e. The fraction of sp³-hybridized carbons (Fsp3) is 0.400. The standard InChI is InChI=1S/C20H19F5IN3O3S3/c1-11-12(2)34-17(33-10-4-3-9-19(21,22)20(23,24)25)15-16(27-18(30)29(11)15)28-35(31,32)14-7-5-13(26)6-8-14/h5-8H,3-4,9-10H2,1-2H3,(H,27,28,30). The number of halogens is 6. The molecule has 2 aliphatic heterocycles. The summed E-state index contributed by atoms with van der Waals surface area (Å²) >= 11 is 4.42. The summed E-state index contributed by atoms with van der Waals surface area (Å²) in [6.07, 6.45) is -7.21. The smallest absolute Gasteiger partial charge is 0.261 e. The summed E-state index contributed by atoms with van der Waals surface area (Å²) < 4.78 is 93.9. The Hall–Kier alpha value is -1.46. The molecule has 0 aromatic heterocycles. The van der Waals surface area contributed by atoms with Gasteiger partial charge in [-0.1, -0.05) is 0 Å². The predicted octanol–water partition coefficient (Wildman–Crippen LogP) is 6.21. The number of sulfonamides is 1. The van der Waals surface area contributed by atoms with Crippen LogP contribution in [0, 0.1) is 17.4 Å². The average molecular weight is 667 g/mol. The minimum Gasteiger partial charge on any atom is -0.261 e. The predicted molar refractivity (Wildman–Crippen MR) is 134 cm³/mol. The first-order valence-electron chi connectivity index (χ1n) is 10.0. The molecular weight excluding hydrogens is 648 g/mol. The number of thioether (sulfide) groups is 1. The van der Waals surface area contributed by atoms with Gasteiger partial charge in [0.15, 0.2) is 5.82 Å². The van der Waals surface area contributed by atoms with E-state index in [9.17, 15) is 35.2 Å². The fourth-order valence-electron chi connectivity index (χ4n) is 3.04. The van der Waals surface area contributed by atoms with E-state index in [4.69, 9.17) is 0 Å². The first kappa shape index (κ1) is 28.1. The van der Waals surface area contributed by atoms with Crippen molar-refractivity contribution >= 4 is 61.5 Å². The highest BCUT2D eigenvalue weighted by atomic mass is 127. The Morgan fingerprint density at radius 2 is 1.74 bits per heavy atom. The normalized spacial score (nSPS) is 12.9. The summed E-state index contributed by atoms with van der Waals surface area (Å²) in [5.74, 6) is -4.75. The molecule has 2 heterocycles. The fourth-order valence-corrected chi connectivity index (χ4v) is 6.93. The number of aryl methyl sites for hydroxylation is 1. The third kappa shape index (κ3) is 6.28. The second kappa shape index (κ2) is 10.5. The Morgan fingerprint density at radius 3 is 2.34 bits per heavy atom. The molecule has 0 amide bonds. The molecule has 2 aliphatic rings. The van der Waals surface area contributed by atoms with Gasteiger partial charge in [-0.15, -0.1) is 23.1 Å². The summed E-state index contributed by atoms with van der Waals surface area (Å²) in [4.78, 5) is 17.2. The van der Waals surface area contributed by atoms with Crippen molar-refractivity contribution in [1.29, 1.82) is 0 Å². The number of hydrogen-bond acceptors (Lipinski definition) is 6. The minimum atomic E-state index is -5.59. The van der Waals surface area contributed by atoms with Crippen molar-refractivity contribution < 1.29 is 30.4 Å². The lowest BCUT2D eigenvalue weighted by molar-refractivity contribution is -0.284. The molecular formula is C20H19F5IN3O3S3. The number of alkyl halides is 5. The van der Waals surface area contributed by atoms with Crippen LogP contribution < -0.4 is 10.4 Å². The van der Waals surface area contributed by atoms with Crippen LogP contribution in [0.1, 0.15) is 29.8 Å². The number of anilines is 1. The molecule has 1 N–H and O–H groups in total. The summed E-state index contributed by atoms with van der Waals surface area (Å²) in [5.41, 5.74) is 0.0690. The number of nitrogens with zero attached hydrogens (tertiary/aromatic N) is 2. The monoisotopic (exact) mass is 667 g/mol. The molecule has 0 saturated heterocycles. The molecule has 1 aromatic carbocycles. The van der Waals surface area contributed by atoms with Gasteiger partial charge in [-0.2, -0.15) is 26.9 Å². The number of hydrogen-bond donors (Lipinski definition) is 1. The lowest BCUT2D eigenvalue weighted by Gasteiger charge is -2.19. The van der Waals surface area contributed by atoms with E-state index in [0.717, 1.165) is 20.2 Å². The van der Waals surface area contributed by atoms with Gasteiger partial charge >= 0.3 is 17.8 Å². The topological polar surface area (TPSA) is 81.1 Å². The third-order valence-corrected chi connectivity index (χ3v) is 9.62. The number of unbranched alkanes of at least 4 members (excludes halogenated alkanes) is 1. The maximum atomic E-state index is 13.1. The Kier molecular flexibility index (Phi) is 8.43. The van der Waals surface area contributed by atoms with Crippen LogP contribution in [0.5, 0.6) is 0 Å². The van der Waals surface area contributed by atoms with Gasteiger partial charge < -0.3 is 0 Å². The number of imidazole rings is 1. The number of rotatable bonds is 9. The summed E-state index contributed by atoms with van der Waals surface area (Å²) in [7, 11) is -4.07. The van der Waals surface area contributed by atoms with Gasteiger partial charge in [0.25, 0.3) is 10.0 Å². The van der Waals surface area contributed by atoms with Gasteiger partial charge in [0.2, 0.25) is 0 Å². The van der Waals surface area contributed by atoms with Crippen molar-refractivity contribution in [2.45, 2.75) is 54.3 Å². The summed E-state index contributed by atoms with van der Waals surface area (Å²) in [5, 5.41) is 0. The Morgan fingerprint density at radius 1 is 1.11 bits per heavy atom. The first-order chi connectivity index (χ1) is 16.1. The zero-order valence-electron chi connectivity index (χ0n) is 18.2. The molecule has 15 heteroatoms. The lowest BCUT2D eigenvalue weighted by atomic mass is 10.1. The SMILES string of the molecule is Cc1sc(SCCCCC(F)(F)C(F)(F)F)c2c(NS(=O)(=O)c3ccc(I)cc3)nc(=O)n-2c1C. The molecule has 6 nitrogen and oxygen atoms in total. The van der Waals surface area contributed by atoms with Crippen molar-refractivity contribution in [2.24, 2.45) is 0 Å². The maximum absolute atomic E-state index is 13.1. The number of benzene rings is 1. The number of fused-ring (bicyclic) bond motifs is 1. The van der Waals surface area contributed by atoms with Gasteiger partial charge in [-0.25, -0.2) is 13.2 Å².